The number of hydrogen-bond acceptors (Lipinski definition) is 5. The summed E-state index contributed by atoms with van der Waals surface area (Å²) in [5.74, 6) is -0.587. The van der Waals surface area contributed by atoms with Crippen molar-refractivity contribution >= 4 is 11.5 Å². The van der Waals surface area contributed by atoms with Gasteiger partial charge in [0.2, 0.25) is 0 Å². The van der Waals surface area contributed by atoms with Crippen LogP contribution in [0.1, 0.15) is 19.0 Å². The number of benzene rings is 1. The van der Waals surface area contributed by atoms with E-state index in [1.54, 1.807) is 0 Å². The Balaban J connectivity index is 2.68. The third-order valence-electron chi connectivity index (χ3n) is 2.65. The molecule has 0 fully saturated rings. The quantitative estimate of drug-likeness (QED) is 0.671. The van der Waals surface area contributed by atoms with Crippen LogP contribution in [0.15, 0.2) is 18.2 Å². The fraction of sp³-hybridized carbons (Fsp3) is 0.273. The minimum absolute atomic E-state index is 0.152. The Kier molecular flexibility index (Phi) is 3.41. The first-order valence-corrected chi connectivity index (χ1v) is 5.69. The van der Waals surface area contributed by atoms with Crippen LogP contribution in [-0.2, 0) is 6.42 Å². The highest BCUT2D eigenvalue weighted by atomic mass is 19.1. The zero-order chi connectivity index (χ0) is 14.0. The van der Waals surface area contributed by atoms with Gasteiger partial charge in [-0.15, -0.1) is 5.10 Å². The molecule has 8 heteroatoms. The van der Waals surface area contributed by atoms with E-state index in [1.807, 2.05) is 6.92 Å². The molecule has 7 nitrogen and oxygen atoms in total. The molecule has 0 saturated carbocycles. The maximum atomic E-state index is 13.9. The Morgan fingerprint density at radius 2 is 2.26 bits per heavy atom. The maximum absolute atomic E-state index is 13.9. The first kappa shape index (κ1) is 12.9. The molecule has 0 saturated heterocycles. The van der Waals surface area contributed by atoms with Crippen molar-refractivity contribution in [2.24, 2.45) is 0 Å². The van der Waals surface area contributed by atoms with Crippen molar-refractivity contribution in [2.75, 3.05) is 5.73 Å². The largest absolute Gasteiger partial charge is 0.381 e. The highest BCUT2D eigenvalue weighted by Gasteiger charge is 2.23. The second kappa shape index (κ2) is 5.01. The van der Waals surface area contributed by atoms with Gasteiger partial charge in [0.15, 0.2) is 17.3 Å². The van der Waals surface area contributed by atoms with Crippen molar-refractivity contribution in [1.82, 2.24) is 15.0 Å². The molecule has 1 aromatic heterocycles. The second-order valence-electron chi connectivity index (χ2n) is 3.95. The zero-order valence-corrected chi connectivity index (χ0v) is 10.2. The number of nitro groups is 1. The van der Waals surface area contributed by atoms with Crippen molar-refractivity contribution in [1.29, 1.82) is 0 Å². The normalized spacial score (nSPS) is 10.6. The van der Waals surface area contributed by atoms with Gasteiger partial charge in [-0.25, -0.2) is 9.07 Å². The first-order valence-electron chi connectivity index (χ1n) is 5.69. The van der Waals surface area contributed by atoms with E-state index in [-0.39, 0.29) is 17.2 Å². The Morgan fingerprint density at radius 3 is 2.89 bits per heavy atom. The van der Waals surface area contributed by atoms with Crippen LogP contribution in [0.5, 0.6) is 0 Å². The maximum Gasteiger partial charge on any atom is 0.297 e. The number of nitro benzene ring substituents is 1. The fourth-order valence-corrected chi connectivity index (χ4v) is 1.82. The summed E-state index contributed by atoms with van der Waals surface area (Å²) in [6.45, 7) is 1.91. The molecule has 1 heterocycles. The average Bonchev–Trinajstić information content (AvgIpc) is 2.71. The van der Waals surface area contributed by atoms with E-state index in [9.17, 15) is 14.5 Å². The lowest BCUT2D eigenvalue weighted by Crippen LogP contribution is -2.08. The van der Waals surface area contributed by atoms with E-state index in [0.29, 0.717) is 12.1 Å². The van der Waals surface area contributed by atoms with Crippen LogP contribution < -0.4 is 5.73 Å². The van der Waals surface area contributed by atoms with Crippen LogP contribution in [0.3, 0.4) is 0 Å². The predicted octanol–water partition coefficient (Wildman–Crippen LogP) is 1.85. The number of halogens is 1. The number of anilines is 1. The lowest BCUT2D eigenvalue weighted by molar-refractivity contribution is -0.384. The van der Waals surface area contributed by atoms with Gasteiger partial charge < -0.3 is 5.73 Å². The van der Waals surface area contributed by atoms with Crippen molar-refractivity contribution < 1.29 is 9.31 Å². The minimum Gasteiger partial charge on any atom is -0.381 e. The monoisotopic (exact) mass is 265 g/mol. The number of hydrogen-bond donors (Lipinski definition) is 1. The van der Waals surface area contributed by atoms with Gasteiger partial charge in [-0.2, -0.15) is 0 Å². The molecule has 0 spiro atoms. The zero-order valence-electron chi connectivity index (χ0n) is 10.2. The van der Waals surface area contributed by atoms with Crippen molar-refractivity contribution in [2.45, 2.75) is 19.8 Å². The molecule has 0 aliphatic rings. The summed E-state index contributed by atoms with van der Waals surface area (Å²) in [5, 5.41) is 18.3. The second-order valence-corrected chi connectivity index (χ2v) is 3.95. The minimum atomic E-state index is -0.739. The SMILES string of the molecule is CCCc1c(N)nnn1-c1c(F)cccc1[N+](=O)[O-]. The van der Waals surface area contributed by atoms with Crippen LogP contribution >= 0.6 is 0 Å². The van der Waals surface area contributed by atoms with Gasteiger partial charge in [0.1, 0.15) is 0 Å². The summed E-state index contributed by atoms with van der Waals surface area (Å²) in [6, 6.07) is 3.62. The predicted molar refractivity (Wildman–Crippen MR) is 66.4 cm³/mol. The fourth-order valence-electron chi connectivity index (χ4n) is 1.82. The number of nitrogens with zero attached hydrogens (tertiary/aromatic N) is 4. The first-order chi connectivity index (χ1) is 9.06. The molecule has 2 N–H and O–H groups in total. The smallest absolute Gasteiger partial charge is 0.297 e. The molecule has 2 rings (SSSR count). The number of nitrogen functional groups attached to an aromatic ring is 1. The van der Waals surface area contributed by atoms with Crippen molar-refractivity contribution in [3.8, 4) is 5.69 Å². The number of rotatable bonds is 4. The number of nitrogens with two attached hydrogens (primary N) is 1. The van der Waals surface area contributed by atoms with Crippen LogP contribution in [0.2, 0.25) is 0 Å². The number of para-hydroxylation sites is 1. The van der Waals surface area contributed by atoms with Gasteiger partial charge in [0.05, 0.1) is 10.6 Å². The summed E-state index contributed by atoms with van der Waals surface area (Å²) in [6.07, 6.45) is 1.24. The summed E-state index contributed by atoms with van der Waals surface area (Å²) in [7, 11) is 0. The van der Waals surface area contributed by atoms with Crippen LogP contribution in [0, 0.1) is 15.9 Å². The highest BCUT2D eigenvalue weighted by molar-refractivity contribution is 5.55. The van der Waals surface area contributed by atoms with E-state index in [1.165, 1.54) is 12.1 Å². The molecule has 2 aromatic rings. The van der Waals surface area contributed by atoms with Crippen LogP contribution in [0.4, 0.5) is 15.9 Å². The molecule has 0 aliphatic heterocycles. The van der Waals surface area contributed by atoms with Crippen LogP contribution in [0.25, 0.3) is 5.69 Å². The summed E-state index contributed by atoms with van der Waals surface area (Å²) >= 11 is 0. The molecule has 1 aromatic carbocycles. The summed E-state index contributed by atoms with van der Waals surface area (Å²) < 4.78 is 15.0. The Hall–Kier alpha value is -2.51. The molecule has 0 bridgehead atoms. The molecular weight excluding hydrogens is 253 g/mol. The van der Waals surface area contributed by atoms with Crippen molar-refractivity contribution in [3.63, 3.8) is 0 Å². The molecule has 0 atom stereocenters. The standard InChI is InChI=1S/C11H12FN5O2/c1-2-4-9-11(13)14-15-16(9)10-7(12)5-3-6-8(10)17(18)19/h3,5-6H,2,4,13H2,1H3. The van der Waals surface area contributed by atoms with E-state index < -0.39 is 10.7 Å². The molecule has 19 heavy (non-hydrogen) atoms. The molecular formula is C11H12FN5O2. The Labute approximate surface area is 108 Å². The van der Waals surface area contributed by atoms with Gasteiger partial charge in [-0.05, 0) is 12.5 Å². The molecule has 100 valence electrons. The van der Waals surface area contributed by atoms with Gasteiger partial charge in [0, 0.05) is 6.07 Å². The van der Waals surface area contributed by atoms with Crippen LogP contribution in [-0.4, -0.2) is 19.9 Å². The van der Waals surface area contributed by atoms with E-state index in [2.05, 4.69) is 10.3 Å². The molecule has 0 unspecified atom stereocenters. The van der Waals surface area contributed by atoms with E-state index in [4.69, 9.17) is 5.73 Å². The lowest BCUT2D eigenvalue weighted by atomic mass is 10.2. The summed E-state index contributed by atoms with van der Waals surface area (Å²) in [5.41, 5.74) is 5.51. The van der Waals surface area contributed by atoms with E-state index >= 15 is 0 Å². The van der Waals surface area contributed by atoms with E-state index in [0.717, 1.165) is 17.2 Å². The molecule has 0 radical (unpaired) electrons. The Bertz CT molecular complexity index is 626. The lowest BCUT2D eigenvalue weighted by Gasteiger charge is -2.07. The highest BCUT2D eigenvalue weighted by Crippen LogP contribution is 2.27. The third-order valence-corrected chi connectivity index (χ3v) is 2.65. The van der Waals surface area contributed by atoms with Gasteiger partial charge in [-0.1, -0.05) is 24.6 Å². The average molecular weight is 265 g/mol. The Morgan fingerprint density at radius 1 is 1.53 bits per heavy atom. The number of aromatic nitrogens is 3. The topological polar surface area (TPSA) is 99.9 Å². The summed E-state index contributed by atoms with van der Waals surface area (Å²) in [4.78, 5) is 10.3. The molecule has 0 aliphatic carbocycles. The van der Waals surface area contributed by atoms with Gasteiger partial charge >= 0.3 is 0 Å². The third kappa shape index (κ3) is 2.24. The molecule has 0 amide bonds. The van der Waals surface area contributed by atoms with Crippen molar-refractivity contribution in [3.05, 3.63) is 39.8 Å². The van der Waals surface area contributed by atoms with Gasteiger partial charge in [-0.3, -0.25) is 10.1 Å². The van der Waals surface area contributed by atoms with Gasteiger partial charge in [0.25, 0.3) is 5.69 Å².